The van der Waals surface area contributed by atoms with Gasteiger partial charge < -0.3 is 11.1 Å². The second-order valence-electron chi connectivity index (χ2n) is 5.34. The van der Waals surface area contributed by atoms with Crippen molar-refractivity contribution in [2.24, 2.45) is 0 Å². The molecule has 0 aliphatic heterocycles. The molecule has 0 aliphatic rings. The van der Waals surface area contributed by atoms with Crippen LogP contribution in [0, 0.1) is 11.3 Å². The fourth-order valence-electron chi connectivity index (χ4n) is 1.89. The van der Waals surface area contributed by atoms with Gasteiger partial charge in [0.15, 0.2) is 5.16 Å². The van der Waals surface area contributed by atoms with Crippen molar-refractivity contribution in [3.8, 4) is 17.5 Å². The Bertz CT molecular complexity index is 865. The zero-order valence-corrected chi connectivity index (χ0v) is 14.2. The molecule has 2 heterocycles. The molecule has 6 nitrogen and oxygen atoms in total. The Morgan fingerprint density at radius 3 is 2.65 bits per heavy atom. The summed E-state index contributed by atoms with van der Waals surface area (Å²) in [6.07, 6.45) is 2.86. The maximum absolute atomic E-state index is 9.39. The average molecular weight is 328 g/mol. The van der Waals surface area contributed by atoms with Crippen molar-refractivity contribution < 1.29 is 0 Å². The Morgan fingerprint density at radius 1 is 1.30 bits per heavy atom. The molecule has 23 heavy (non-hydrogen) atoms. The predicted octanol–water partition coefficient (Wildman–Crippen LogP) is 2.47. The van der Waals surface area contributed by atoms with Crippen LogP contribution >= 0.6 is 9.21 Å². The minimum absolute atomic E-state index is 0.132. The van der Waals surface area contributed by atoms with Crippen molar-refractivity contribution in [1.29, 1.82) is 5.26 Å². The van der Waals surface area contributed by atoms with Crippen LogP contribution in [-0.4, -0.2) is 39.5 Å². The first-order valence-corrected chi connectivity index (χ1v) is 9.48. The molecular formula is C16H20N6S. The van der Waals surface area contributed by atoms with E-state index in [0.717, 1.165) is 18.8 Å². The summed E-state index contributed by atoms with van der Waals surface area (Å²) in [4.78, 5) is 13.2. The van der Waals surface area contributed by atoms with E-state index in [2.05, 4.69) is 45.0 Å². The van der Waals surface area contributed by atoms with Gasteiger partial charge in [-0.15, -0.1) is 0 Å². The van der Waals surface area contributed by atoms with Crippen LogP contribution in [0.25, 0.3) is 11.4 Å². The molecule has 0 spiro atoms. The van der Waals surface area contributed by atoms with Crippen LogP contribution in [-0.2, 0) is 0 Å². The number of rotatable bonds is 5. The topological polar surface area (TPSA) is 101 Å². The number of nitrogens with zero attached hydrogens (tertiary/aromatic N) is 4. The monoisotopic (exact) mass is 328 g/mol. The van der Waals surface area contributed by atoms with E-state index in [4.69, 9.17) is 5.73 Å². The summed E-state index contributed by atoms with van der Waals surface area (Å²) in [6, 6.07) is 7.59. The van der Waals surface area contributed by atoms with Gasteiger partial charge in [-0.25, -0.2) is 15.0 Å². The average Bonchev–Trinajstić information content (AvgIpc) is 2.51. The van der Waals surface area contributed by atoms with E-state index in [9.17, 15) is 5.26 Å². The van der Waals surface area contributed by atoms with E-state index in [1.54, 1.807) is 6.07 Å². The molecule has 7 heteroatoms. The van der Waals surface area contributed by atoms with Gasteiger partial charge in [0.25, 0.3) is 0 Å². The van der Waals surface area contributed by atoms with Gasteiger partial charge in [-0.1, -0.05) is 24.7 Å². The zero-order chi connectivity index (χ0) is 17.0. The molecule has 0 saturated heterocycles. The summed E-state index contributed by atoms with van der Waals surface area (Å²) in [5.41, 5.74) is 7.13. The standard InChI is InChI=1S/C16H20N6S/c1-5-9-19-13-8-6-7-12(20-13)14-11(10-17)15(18)22-16(21-14)23(2,3)4/h6-8H,2-3,5,9H2,1,4H3,(H,19,20)(H2,18,21,22). The summed E-state index contributed by atoms with van der Waals surface area (Å²) >= 11 is 0. The highest BCUT2D eigenvalue weighted by Crippen LogP contribution is 2.30. The normalized spacial score (nSPS) is 11.0. The molecule has 0 fully saturated rings. The molecule has 0 aliphatic carbocycles. The SMILES string of the molecule is C=S(=C)(C)c1nc(N)c(C#N)c(-c2cccc(NCCC)n2)n1. The predicted molar refractivity (Wildman–Crippen MR) is 99.2 cm³/mol. The molecule has 2 aromatic heterocycles. The maximum Gasteiger partial charge on any atom is 0.178 e. The van der Waals surface area contributed by atoms with Crippen LogP contribution in [0.1, 0.15) is 18.9 Å². The Balaban J connectivity index is 2.62. The molecule has 0 unspecified atom stereocenters. The molecule has 0 amide bonds. The first kappa shape index (κ1) is 16.8. The van der Waals surface area contributed by atoms with Crippen LogP contribution in [0.2, 0.25) is 0 Å². The Hall–Kier alpha value is -2.59. The first-order valence-electron chi connectivity index (χ1n) is 7.10. The second kappa shape index (κ2) is 6.67. The molecule has 0 bridgehead atoms. The second-order valence-corrected chi connectivity index (χ2v) is 8.25. The summed E-state index contributed by atoms with van der Waals surface area (Å²) in [6.45, 7) is 2.90. The number of nitrogens with one attached hydrogen (secondary N) is 1. The van der Waals surface area contributed by atoms with Crippen LogP contribution in [0.3, 0.4) is 0 Å². The summed E-state index contributed by atoms with van der Waals surface area (Å²) in [5.74, 6) is 8.87. The lowest BCUT2D eigenvalue weighted by Gasteiger charge is -2.12. The summed E-state index contributed by atoms with van der Waals surface area (Å²) in [5, 5.41) is 13.1. The first-order chi connectivity index (χ1) is 10.9. The largest absolute Gasteiger partial charge is 0.382 e. The lowest BCUT2D eigenvalue weighted by atomic mass is 10.1. The van der Waals surface area contributed by atoms with E-state index in [0.29, 0.717) is 16.5 Å². The van der Waals surface area contributed by atoms with Crippen molar-refractivity contribution in [1.82, 2.24) is 15.0 Å². The highest BCUT2D eigenvalue weighted by atomic mass is 32.2. The lowest BCUT2D eigenvalue weighted by Crippen LogP contribution is -2.06. The number of anilines is 2. The number of hydrogen-bond acceptors (Lipinski definition) is 6. The quantitative estimate of drug-likeness (QED) is 0.646. The fourth-order valence-corrected chi connectivity index (χ4v) is 2.52. The number of aromatic nitrogens is 3. The van der Waals surface area contributed by atoms with E-state index in [-0.39, 0.29) is 11.4 Å². The van der Waals surface area contributed by atoms with Gasteiger partial charge in [-0.3, -0.25) is 0 Å². The van der Waals surface area contributed by atoms with E-state index in [1.165, 1.54) is 0 Å². The van der Waals surface area contributed by atoms with Gasteiger partial charge in [0.2, 0.25) is 0 Å². The smallest absolute Gasteiger partial charge is 0.178 e. The van der Waals surface area contributed by atoms with Crippen molar-refractivity contribution in [3.05, 3.63) is 23.8 Å². The van der Waals surface area contributed by atoms with Gasteiger partial charge in [-0.2, -0.15) is 14.5 Å². The number of nitrogens with two attached hydrogens (primary N) is 1. The van der Waals surface area contributed by atoms with Gasteiger partial charge in [0.05, 0.1) is 5.69 Å². The van der Waals surface area contributed by atoms with Crippen molar-refractivity contribution in [2.75, 3.05) is 23.9 Å². The molecule has 0 aromatic carbocycles. The molecule has 2 aromatic rings. The zero-order valence-electron chi connectivity index (χ0n) is 13.3. The fraction of sp³-hybridized carbons (Fsp3) is 0.250. The van der Waals surface area contributed by atoms with Crippen LogP contribution in [0.15, 0.2) is 23.4 Å². The number of hydrogen-bond donors (Lipinski definition) is 2. The van der Waals surface area contributed by atoms with Crippen molar-refractivity contribution >= 4 is 32.6 Å². The number of pyridine rings is 1. The van der Waals surface area contributed by atoms with E-state index in [1.807, 2.05) is 18.4 Å². The Labute approximate surface area is 136 Å². The molecular weight excluding hydrogens is 308 g/mol. The molecule has 2 rings (SSSR count). The van der Waals surface area contributed by atoms with Crippen LogP contribution < -0.4 is 11.1 Å². The van der Waals surface area contributed by atoms with Crippen LogP contribution in [0.5, 0.6) is 0 Å². The third-order valence-corrected chi connectivity index (χ3v) is 4.08. The summed E-state index contributed by atoms with van der Waals surface area (Å²) < 4.78 is 0. The third-order valence-electron chi connectivity index (χ3n) is 3.02. The molecule has 0 saturated carbocycles. The third kappa shape index (κ3) is 3.79. The molecule has 120 valence electrons. The highest BCUT2D eigenvalue weighted by Gasteiger charge is 2.16. The van der Waals surface area contributed by atoms with Gasteiger partial charge >= 0.3 is 0 Å². The van der Waals surface area contributed by atoms with Gasteiger partial charge in [0, 0.05) is 6.54 Å². The number of nitriles is 1. The van der Waals surface area contributed by atoms with E-state index < -0.39 is 9.21 Å². The van der Waals surface area contributed by atoms with Gasteiger partial charge in [-0.05, 0) is 24.8 Å². The molecule has 3 N–H and O–H groups in total. The summed E-state index contributed by atoms with van der Waals surface area (Å²) in [7, 11) is -1.66. The Morgan fingerprint density at radius 2 is 2.04 bits per heavy atom. The number of nitrogen functional groups attached to an aromatic ring is 1. The maximum atomic E-state index is 9.39. The van der Waals surface area contributed by atoms with Crippen molar-refractivity contribution in [2.45, 2.75) is 18.5 Å². The molecule has 0 atom stereocenters. The van der Waals surface area contributed by atoms with Crippen molar-refractivity contribution in [3.63, 3.8) is 0 Å². The Kier molecular flexibility index (Phi) is 4.86. The minimum atomic E-state index is -1.66. The van der Waals surface area contributed by atoms with Crippen LogP contribution in [0.4, 0.5) is 11.6 Å². The lowest BCUT2D eigenvalue weighted by molar-refractivity contribution is 0.960. The molecule has 0 radical (unpaired) electrons. The minimum Gasteiger partial charge on any atom is -0.382 e. The highest BCUT2D eigenvalue weighted by molar-refractivity contribution is 8.27. The van der Waals surface area contributed by atoms with E-state index >= 15 is 0 Å². The van der Waals surface area contributed by atoms with Gasteiger partial charge in [0.1, 0.15) is 29.0 Å².